The fraction of sp³-hybridized carbons (Fsp3) is 0.581. The highest BCUT2D eigenvalue weighted by Gasteiger charge is 2.76. The second-order valence-electron chi connectivity index (χ2n) is 11.1. The molecule has 3 saturated heterocycles. The maximum Gasteiger partial charge on any atom is 0.251 e. The molecule has 0 saturated carbocycles. The number of hydrogen-bond donors (Lipinski definition) is 1. The molecule has 1 aromatic rings. The van der Waals surface area contributed by atoms with Crippen molar-refractivity contribution in [2.75, 3.05) is 56.2 Å². The summed E-state index contributed by atoms with van der Waals surface area (Å²) in [5, 5.41) is 9.64. The average molecular weight is 569 g/mol. The Morgan fingerprint density at radius 3 is 2.30 bits per heavy atom. The molecule has 3 unspecified atom stereocenters. The first-order valence-corrected chi connectivity index (χ1v) is 15.3. The zero-order chi connectivity index (χ0) is 29.2. The van der Waals surface area contributed by atoms with Gasteiger partial charge in [-0.2, -0.15) is 0 Å². The summed E-state index contributed by atoms with van der Waals surface area (Å²) in [6, 6.07) is 7.24. The van der Waals surface area contributed by atoms with E-state index in [-0.39, 0.29) is 42.0 Å². The van der Waals surface area contributed by atoms with Gasteiger partial charge in [-0.3, -0.25) is 14.4 Å². The van der Waals surface area contributed by atoms with Crippen LogP contribution in [0, 0.1) is 17.8 Å². The topological polar surface area (TPSA) is 84.4 Å². The molecule has 3 aliphatic heterocycles. The zero-order valence-electron chi connectivity index (χ0n) is 24.3. The van der Waals surface area contributed by atoms with Crippen molar-refractivity contribution < 1.29 is 19.5 Å². The summed E-state index contributed by atoms with van der Waals surface area (Å²) in [5.41, 5.74) is 1.83. The maximum absolute atomic E-state index is 14.7. The van der Waals surface area contributed by atoms with Crippen molar-refractivity contribution in [3.05, 3.63) is 49.6 Å². The van der Waals surface area contributed by atoms with E-state index < -0.39 is 22.6 Å². The molecule has 3 fully saturated rings. The largest absolute Gasteiger partial charge is 0.396 e. The molecule has 0 aliphatic carbocycles. The van der Waals surface area contributed by atoms with Crippen LogP contribution < -0.4 is 9.80 Å². The Morgan fingerprint density at radius 2 is 1.73 bits per heavy atom. The summed E-state index contributed by atoms with van der Waals surface area (Å²) in [7, 11) is 1.75. The number of likely N-dealkylation sites (tertiary alicyclic amines) is 1. The van der Waals surface area contributed by atoms with Crippen molar-refractivity contribution in [1.29, 1.82) is 0 Å². The van der Waals surface area contributed by atoms with E-state index in [2.05, 4.69) is 38.8 Å². The van der Waals surface area contributed by atoms with Gasteiger partial charge in [0, 0.05) is 63.0 Å². The number of hydrogen-bond acceptors (Lipinski definition) is 6. The van der Waals surface area contributed by atoms with Gasteiger partial charge in [0.2, 0.25) is 11.8 Å². The second kappa shape index (κ2) is 12.4. The Labute approximate surface area is 243 Å². The summed E-state index contributed by atoms with van der Waals surface area (Å²) in [6.45, 7) is 16.7. The highest BCUT2D eigenvalue weighted by atomic mass is 32.2. The third-order valence-electron chi connectivity index (χ3n) is 8.97. The van der Waals surface area contributed by atoms with Crippen molar-refractivity contribution in [3.8, 4) is 0 Å². The van der Waals surface area contributed by atoms with Crippen LogP contribution in [-0.2, 0) is 14.4 Å². The van der Waals surface area contributed by atoms with E-state index in [0.29, 0.717) is 19.5 Å². The molecule has 9 heteroatoms. The number of thioether (sulfide) groups is 1. The molecular weight excluding hydrogens is 524 g/mol. The second-order valence-corrected chi connectivity index (χ2v) is 12.6. The third-order valence-corrected chi connectivity index (χ3v) is 11.0. The van der Waals surface area contributed by atoms with Crippen LogP contribution in [0.15, 0.2) is 49.6 Å². The van der Waals surface area contributed by atoms with E-state index in [1.54, 1.807) is 45.7 Å². The number of rotatable bonds is 13. The summed E-state index contributed by atoms with van der Waals surface area (Å²) < 4.78 is -0.704. The SMILES string of the molecule is C=CCN(C)C(=O)[C@@H]1[C@@H]2CC(C)C3(S2)C(C(=O)N(CC=C)c2ccc(N(CC)CC)cc2)N(CCCO)C(=O)[C@H]13. The van der Waals surface area contributed by atoms with Gasteiger partial charge in [0.15, 0.2) is 0 Å². The zero-order valence-corrected chi connectivity index (χ0v) is 25.1. The van der Waals surface area contributed by atoms with Crippen LogP contribution in [0.3, 0.4) is 0 Å². The van der Waals surface area contributed by atoms with E-state index in [4.69, 9.17) is 0 Å². The fourth-order valence-electron chi connectivity index (χ4n) is 7.13. The van der Waals surface area contributed by atoms with Crippen LogP contribution in [0.25, 0.3) is 0 Å². The van der Waals surface area contributed by atoms with E-state index in [0.717, 1.165) is 30.9 Å². The molecule has 0 radical (unpaired) electrons. The molecular formula is C31H44N4O4S. The number of aliphatic hydroxyl groups is 1. The Kier molecular flexibility index (Phi) is 9.35. The lowest BCUT2D eigenvalue weighted by Gasteiger charge is -2.41. The van der Waals surface area contributed by atoms with Crippen LogP contribution in [-0.4, -0.2) is 95.0 Å². The van der Waals surface area contributed by atoms with E-state index in [9.17, 15) is 19.5 Å². The number of carbonyl (C=O) groups excluding carboxylic acids is 3. The standard InChI is InChI=1S/C31H44N4O4S/c1-7-16-32(6)28(37)25-24-20-21(5)31(40-24)26(25)29(38)35(18-11-19-36)27(31)30(39)34(17-8-2)23-14-12-22(13-15-23)33(9-3)10-4/h7-8,12-15,21,24-27,36H,1-2,9-11,16-20H2,3-6H3/t21?,24-,25+,26-,27?,31?/m0/s1. The first-order chi connectivity index (χ1) is 19.2. The minimum Gasteiger partial charge on any atom is -0.396 e. The Bertz CT molecular complexity index is 1120. The number of benzene rings is 1. The summed E-state index contributed by atoms with van der Waals surface area (Å²) in [4.78, 5) is 49.8. The molecule has 8 nitrogen and oxygen atoms in total. The molecule has 3 aliphatic rings. The quantitative estimate of drug-likeness (QED) is 0.367. The van der Waals surface area contributed by atoms with E-state index in [1.807, 2.05) is 24.3 Å². The molecule has 40 heavy (non-hydrogen) atoms. The van der Waals surface area contributed by atoms with Crippen molar-refractivity contribution in [2.45, 2.75) is 49.7 Å². The monoisotopic (exact) mass is 568 g/mol. The van der Waals surface area contributed by atoms with Gasteiger partial charge in [0.1, 0.15) is 6.04 Å². The molecule has 1 spiro atoms. The molecule has 218 valence electrons. The fourth-order valence-corrected chi connectivity index (χ4v) is 9.54. The third kappa shape index (κ3) is 4.85. The Morgan fingerprint density at radius 1 is 1.10 bits per heavy atom. The van der Waals surface area contributed by atoms with Gasteiger partial charge in [0.25, 0.3) is 5.91 Å². The number of aliphatic hydroxyl groups excluding tert-OH is 1. The van der Waals surface area contributed by atoms with E-state index >= 15 is 0 Å². The van der Waals surface area contributed by atoms with Gasteiger partial charge in [-0.05, 0) is 56.9 Å². The van der Waals surface area contributed by atoms with Crippen LogP contribution in [0.2, 0.25) is 0 Å². The van der Waals surface area contributed by atoms with E-state index in [1.165, 1.54) is 0 Å². The van der Waals surface area contributed by atoms with Crippen molar-refractivity contribution in [3.63, 3.8) is 0 Å². The predicted octanol–water partition coefficient (Wildman–Crippen LogP) is 3.42. The molecule has 2 bridgehead atoms. The Balaban J connectivity index is 1.75. The summed E-state index contributed by atoms with van der Waals surface area (Å²) in [6.07, 6.45) is 4.55. The van der Waals surface area contributed by atoms with Crippen LogP contribution in [0.5, 0.6) is 0 Å². The lowest BCUT2D eigenvalue weighted by atomic mass is 9.65. The van der Waals surface area contributed by atoms with Gasteiger partial charge in [-0.15, -0.1) is 24.9 Å². The Hall–Kier alpha value is -2.78. The minimum absolute atomic E-state index is 0.0137. The first kappa shape index (κ1) is 30.2. The van der Waals surface area contributed by atoms with Crippen molar-refractivity contribution in [2.24, 2.45) is 17.8 Å². The lowest BCUT2D eigenvalue weighted by molar-refractivity contribution is -0.143. The molecule has 3 amide bonds. The number of anilines is 2. The van der Waals surface area contributed by atoms with Crippen molar-refractivity contribution >= 4 is 40.9 Å². The number of fused-ring (bicyclic) bond motifs is 1. The van der Waals surface area contributed by atoms with Gasteiger partial charge in [-0.1, -0.05) is 19.1 Å². The molecule has 6 atom stereocenters. The first-order valence-electron chi connectivity index (χ1n) is 14.4. The number of nitrogens with zero attached hydrogens (tertiary/aromatic N) is 4. The number of likely N-dealkylation sites (N-methyl/N-ethyl adjacent to an activating group) is 1. The van der Waals surface area contributed by atoms with Gasteiger partial charge < -0.3 is 24.7 Å². The van der Waals surface area contributed by atoms with Crippen molar-refractivity contribution in [1.82, 2.24) is 9.80 Å². The molecule has 1 aromatic carbocycles. The lowest BCUT2D eigenvalue weighted by Crippen LogP contribution is -2.57. The smallest absolute Gasteiger partial charge is 0.251 e. The minimum atomic E-state index is -0.730. The van der Waals surface area contributed by atoms with Gasteiger partial charge in [-0.25, -0.2) is 0 Å². The summed E-state index contributed by atoms with van der Waals surface area (Å²) >= 11 is 1.67. The molecule has 3 heterocycles. The highest BCUT2D eigenvalue weighted by molar-refractivity contribution is 8.02. The average Bonchev–Trinajstić information content (AvgIpc) is 3.54. The molecule has 0 aromatic heterocycles. The van der Waals surface area contributed by atoms with Gasteiger partial charge >= 0.3 is 0 Å². The van der Waals surface area contributed by atoms with Gasteiger partial charge in [0.05, 0.1) is 16.6 Å². The normalized spacial score (nSPS) is 28.4. The van der Waals surface area contributed by atoms with Crippen LogP contribution >= 0.6 is 11.8 Å². The maximum atomic E-state index is 14.7. The molecule has 4 rings (SSSR count). The predicted molar refractivity (Wildman–Crippen MR) is 162 cm³/mol. The van der Waals surface area contributed by atoms with Crippen LogP contribution in [0.4, 0.5) is 11.4 Å². The number of carbonyl (C=O) groups is 3. The summed E-state index contributed by atoms with van der Waals surface area (Å²) in [5.74, 6) is -1.34. The highest BCUT2D eigenvalue weighted by Crippen LogP contribution is 2.68. The molecule has 1 N–H and O–H groups in total. The van der Waals surface area contributed by atoms with Crippen LogP contribution in [0.1, 0.15) is 33.6 Å². The number of amides is 3.